The zero-order valence-electron chi connectivity index (χ0n) is 16.2. The summed E-state index contributed by atoms with van der Waals surface area (Å²) >= 11 is 0. The number of carbonyl (C=O) groups excluding carboxylic acids is 2. The van der Waals surface area contributed by atoms with Crippen LogP contribution in [0.5, 0.6) is 0 Å². The van der Waals surface area contributed by atoms with Gasteiger partial charge in [-0.3, -0.25) is 14.6 Å². The Bertz CT molecular complexity index is 1100. The summed E-state index contributed by atoms with van der Waals surface area (Å²) < 4.78 is 0. The third kappa shape index (κ3) is 3.60. The number of anilines is 2. The summed E-state index contributed by atoms with van der Waals surface area (Å²) in [6.45, 7) is 0.732. The Balaban J connectivity index is 1.45. The fraction of sp³-hybridized carbons (Fsp3) is 0.292. The van der Waals surface area contributed by atoms with E-state index in [-0.39, 0.29) is 11.8 Å². The first kappa shape index (κ1) is 17.9. The van der Waals surface area contributed by atoms with Gasteiger partial charge in [0.15, 0.2) is 0 Å². The summed E-state index contributed by atoms with van der Waals surface area (Å²) in [5.74, 6) is 0.473. The van der Waals surface area contributed by atoms with Crippen LogP contribution in [0.15, 0.2) is 54.6 Å². The molecular formula is C24H23N3O2. The van der Waals surface area contributed by atoms with Crippen molar-refractivity contribution >= 4 is 34.1 Å². The minimum atomic E-state index is -0.146. The number of hydrogen-bond donors (Lipinski definition) is 1. The molecule has 1 aromatic heterocycles. The molecule has 0 unspecified atom stereocenters. The number of nitrogens with zero attached hydrogens (tertiary/aromatic N) is 2. The van der Waals surface area contributed by atoms with Crippen molar-refractivity contribution in [2.45, 2.75) is 38.0 Å². The standard InChI is InChI=1S/C24H23N3O2/c28-23-10-3-4-13-27(23)18-7-5-6-17(14-18)25-24(29)20-15-22(16-11-12-16)26-21-9-2-1-8-19(20)21/h1-2,5-9,14-16H,3-4,10-13H2,(H,25,29). The Morgan fingerprint density at radius 3 is 2.72 bits per heavy atom. The number of aromatic nitrogens is 1. The smallest absolute Gasteiger partial charge is 0.256 e. The first-order chi connectivity index (χ1) is 14.2. The topological polar surface area (TPSA) is 62.3 Å². The summed E-state index contributed by atoms with van der Waals surface area (Å²) in [5, 5.41) is 3.88. The largest absolute Gasteiger partial charge is 0.322 e. The SMILES string of the molecule is O=C(Nc1cccc(N2CCCCC2=O)c1)c1cc(C2CC2)nc2ccccc12. The first-order valence-corrected chi connectivity index (χ1v) is 10.3. The van der Waals surface area contributed by atoms with E-state index < -0.39 is 0 Å². The van der Waals surface area contributed by atoms with Gasteiger partial charge in [0.1, 0.15) is 0 Å². The number of fused-ring (bicyclic) bond motifs is 1. The van der Waals surface area contributed by atoms with Gasteiger partial charge in [-0.05, 0) is 56.0 Å². The van der Waals surface area contributed by atoms with Crippen molar-refractivity contribution in [1.82, 2.24) is 4.98 Å². The zero-order chi connectivity index (χ0) is 19.8. The van der Waals surface area contributed by atoms with Crippen LogP contribution in [0.1, 0.15) is 54.1 Å². The van der Waals surface area contributed by atoms with E-state index in [1.54, 1.807) is 0 Å². The molecule has 0 spiro atoms. The Hall–Kier alpha value is -3.21. The second kappa shape index (κ2) is 7.32. The lowest BCUT2D eigenvalue weighted by molar-refractivity contribution is -0.119. The van der Waals surface area contributed by atoms with Gasteiger partial charge in [0.25, 0.3) is 5.91 Å². The number of hydrogen-bond acceptors (Lipinski definition) is 3. The van der Waals surface area contributed by atoms with Gasteiger partial charge in [0.2, 0.25) is 5.91 Å². The van der Waals surface area contributed by atoms with Gasteiger partial charge in [-0.1, -0.05) is 24.3 Å². The van der Waals surface area contributed by atoms with E-state index in [0.29, 0.717) is 23.6 Å². The second-order valence-corrected chi connectivity index (χ2v) is 7.89. The number of piperidine rings is 1. The Kier molecular flexibility index (Phi) is 4.51. The average Bonchev–Trinajstić information content (AvgIpc) is 3.59. The molecule has 0 bridgehead atoms. The van der Waals surface area contributed by atoms with Crippen molar-refractivity contribution in [1.29, 1.82) is 0 Å². The number of nitrogens with one attached hydrogen (secondary N) is 1. The van der Waals surface area contributed by atoms with Crippen molar-refractivity contribution in [2.75, 3.05) is 16.8 Å². The number of rotatable bonds is 4. The van der Waals surface area contributed by atoms with E-state index in [0.717, 1.165) is 54.5 Å². The molecule has 1 saturated carbocycles. The number of amides is 2. The molecule has 3 aromatic rings. The monoisotopic (exact) mass is 385 g/mol. The number of benzene rings is 2. The highest BCUT2D eigenvalue weighted by Crippen LogP contribution is 2.40. The van der Waals surface area contributed by atoms with Gasteiger partial charge in [0, 0.05) is 41.3 Å². The molecule has 2 aliphatic rings. The van der Waals surface area contributed by atoms with Crippen molar-refractivity contribution in [2.24, 2.45) is 0 Å². The van der Waals surface area contributed by atoms with E-state index in [1.807, 2.05) is 59.5 Å². The van der Waals surface area contributed by atoms with Gasteiger partial charge in [0.05, 0.1) is 11.1 Å². The molecule has 2 aromatic carbocycles. The maximum atomic E-state index is 13.2. The van der Waals surface area contributed by atoms with E-state index in [2.05, 4.69) is 5.32 Å². The molecule has 5 heteroatoms. The summed E-state index contributed by atoms with van der Waals surface area (Å²) in [6.07, 6.45) is 4.82. The van der Waals surface area contributed by atoms with E-state index >= 15 is 0 Å². The van der Waals surface area contributed by atoms with Crippen molar-refractivity contribution in [3.63, 3.8) is 0 Å². The summed E-state index contributed by atoms with van der Waals surface area (Å²) in [5.41, 5.74) is 4.04. The quantitative estimate of drug-likeness (QED) is 0.696. The molecule has 1 N–H and O–H groups in total. The molecule has 1 saturated heterocycles. The maximum Gasteiger partial charge on any atom is 0.256 e. The van der Waals surface area contributed by atoms with Crippen LogP contribution < -0.4 is 10.2 Å². The lowest BCUT2D eigenvalue weighted by atomic mass is 10.0. The Labute approximate surface area is 169 Å². The molecule has 2 fully saturated rings. The van der Waals surface area contributed by atoms with Gasteiger partial charge in [-0.15, -0.1) is 0 Å². The highest BCUT2D eigenvalue weighted by atomic mass is 16.2. The fourth-order valence-corrected chi connectivity index (χ4v) is 4.00. The molecule has 2 heterocycles. The van der Waals surface area contributed by atoms with Crippen LogP contribution in [-0.4, -0.2) is 23.3 Å². The molecule has 146 valence electrons. The first-order valence-electron chi connectivity index (χ1n) is 10.3. The molecule has 29 heavy (non-hydrogen) atoms. The Morgan fingerprint density at radius 1 is 1.03 bits per heavy atom. The third-order valence-corrected chi connectivity index (χ3v) is 5.72. The van der Waals surface area contributed by atoms with Gasteiger partial charge >= 0.3 is 0 Å². The summed E-state index contributed by atoms with van der Waals surface area (Å²) in [7, 11) is 0. The average molecular weight is 385 g/mol. The minimum Gasteiger partial charge on any atom is -0.322 e. The predicted molar refractivity (Wildman–Crippen MR) is 114 cm³/mol. The van der Waals surface area contributed by atoms with E-state index in [9.17, 15) is 9.59 Å². The lowest BCUT2D eigenvalue weighted by Gasteiger charge is -2.27. The van der Waals surface area contributed by atoms with Crippen molar-refractivity contribution < 1.29 is 9.59 Å². The minimum absolute atomic E-state index is 0.146. The zero-order valence-corrected chi connectivity index (χ0v) is 16.2. The predicted octanol–water partition coefficient (Wildman–Crippen LogP) is 4.88. The lowest BCUT2D eigenvalue weighted by Crippen LogP contribution is -2.35. The van der Waals surface area contributed by atoms with Crippen molar-refractivity contribution in [3.05, 3.63) is 65.9 Å². The number of pyridine rings is 1. The Morgan fingerprint density at radius 2 is 1.90 bits per heavy atom. The molecule has 0 atom stereocenters. The maximum absolute atomic E-state index is 13.2. The van der Waals surface area contributed by atoms with E-state index in [1.165, 1.54) is 0 Å². The van der Waals surface area contributed by atoms with Crippen LogP contribution in [0.4, 0.5) is 11.4 Å². The van der Waals surface area contributed by atoms with Crippen LogP contribution in [0.2, 0.25) is 0 Å². The fourth-order valence-electron chi connectivity index (χ4n) is 4.00. The van der Waals surface area contributed by atoms with E-state index in [4.69, 9.17) is 4.98 Å². The van der Waals surface area contributed by atoms with Crippen LogP contribution in [-0.2, 0) is 4.79 Å². The molecule has 2 amide bonds. The van der Waals surface area contributed by atoms with Gasteiger partial charge in [-0.2, -0.15) is 0 Å². The molecule has 0 radical (unpaired) electrons. The molecule has 5 rings (SSSR count). The third-order valence-electron chi connectivity index (χ3n) is 5.72. The highest BCUT2D eigenvalue weighted by molar-refractivity contribution is 6.12. The highest BCUT2D eigenvalue weighted by Gasteiger charge is 2.27. The second-order valence-electron chi connectivity index (χ2n) is 7.89. The summed E-state index contributed by atoms with van der Waals surface area (Å²) in [6, 6.07) is 17.3. The van der Waals surface area contributed by atoms with Crippen molar-refractivity contribution in [3.8, 4) is 0 Å². The number of para-hydroxylation sites is 1. The van der Waals surface area contributed by atoms with Crippen LogP contribution in [0, 0.1) is 0 Å². The number of carbonyl (C=O) groups is 2. The summed E-state index contributed by atoms with van der Waals surface area (Å²) in [4.78, 5) is 31.9. The molecule has 1 aliphatic carbocycles. The van der Waals surface area contributed by atoms with Gasteiger partial charge < -0.3 is 10.2 Å². The molecular weight excluding hydrogens is 362 g/mol. The normalized spacial score (nSPS) is 16.8. The molecule has 5 nitrogen and oxygen atoms in total. The van der Waals surface area contributed by atoms with Gasteiger partial charge in [-0.25, -0.2) is 0 Å². The van der Waals surface area contributed by atoms with Crippen LogP contribution >= 0.6 is 0 Å². The molecule has 1 aliphatic heterocycles. The van der Waals surface area contributed by atoms with Crippen LogP contribution in [0.3, 0.4) is 0 Å². The van der Waals surface area contributed by atoms with Crippen LogP contribution in [0.25, 0.3) is 10.9 Å².